The summed E-state index contributed by atoms with van der Waals surface area (Å²) in [5.74, 6) is -0.865. The Balaban J connectivity index is 1.72. The van der Waals surface area contributed by atoms with Gasteiger partial charge in [0.1, 0.15) is 0 Å². The Morgan fingerprint density at radius 2 is 2.23 bits per heavy atom. The average Bonchev–Trinajstić information content (AvgIpc) is 2.48. The fourth-order valence-electron chi connectivity index (χ4n) is 2.53. The van der Waals surface area contributed by atoms with Gasteiger partial charge in [0.15, 0.2) is 0 Å². The van der Waals surface area contributed by atoms with Crippen molar-refractivity contribution in [2.75, 3.05) is 26.2 Å². The van der Waals surface area contributed by atoms with Crippen molar-refractivity contribution in [1.29, 1.82) is 0 Å². The third-order valence-electron chi connectivity index (χ3n) is 3.77. The van der Waals surface area contributed by atoms with Gasteiger partial charge in [-0.1, -0.05) is 0 Å². The third-order valence-corrected chi connectivity index (χ3v) is 3.77. The topological polar surface area (TPSA) is 54.5 Å². The molecule has 2 heterocycles. The molecule has 0 aromatic carbocycles. The fourth-order valence-corrected chi connectivity index (χ4v) is 2.53. The predicted molar refractivity (Wildman–Crippen MR) is 82.2 cm³/mol. The lowest BCUT2D eigenvalue weighted by Gasteiger charge is -2.32. The number of nitrogens with one attached hydrogen (secondary N) is 1. The Morgan fingerprint density at radius 3 is 2.86 bits per heavy atom. The maximum atomic E-state index is 13.0. The molecule has 0 spiro atoms. The molecule has 1 amide bonds. The van der Waals surface area contributed by atoms with Gasteiger partial charge in [-0.05, 0) is 32.8 Å². The van der Waals surface area contributed by atoms with Crippen molar-refractivity contribution in [2.45, 2.75) is 38.8 Å². The summed E-state index contributed by atoms with van der Waals surface area (Å²) >= 11 is 0. The molecule has 0 radical (unpaired) electrons. The van der Waals surface area contributed by atoms with E-state index in [4.69, 9.17) is 4.74 Å². The number of halogens is 1. The molecule has 1 aliphatic rings. The molecule has 1 N–H and O–H groups in total. The van der Waals surface area contributed by atoms with E-state index >= 15 is 0 Å². The molecule has 0 saturated carbocycles. The molecule has 22 heavy (non-hydrogen) atoms. The molecular weight excluding hydrogens is 285 g/mol. The molecule has 1 fully saturated rings. The molecule has 6 heteroatoms. The Morgan fingerprint density at radius 1 is 1.50 bits per heavy atom. The number of aromatic nitrogens is 1. The van der Waals surface area contributed by atoms with Crippen molar-refractivity contribution >= 4 is 5.91 Å². The summed E-state index contributed by atoms with van der Waals surface area (Å²) in [6.07, 6.45) is 3.38. The molecular formula is C16H24FN3O2. The third kappa shape index (κ3) is 5.35. The molecule has 1 aromatic rings. The Hall–Kier alpha value is -1.53. The van der Waals surface area contributed by atoms with Crippen LogP contribution in [-0.2, 0) is 4.74 Å². The standard InChI is InChI=1S/C16H24FN3O2/c1-12(2)22-10-9-20-7-4-14(5-8-20)19-16(21)13-3-6-18-15(17)11-13/h3,6,11-12,14H,4-5,7-10H2,1-2H3,(H,19,21). The van der Waals surface area contributed by atoms with E-state index in [9.17, 15) is 9.18 Å². The van der Waals surface area contributed by atoms with Crippen molar-refractivity contribution < 1.29 is 13.9 Å². The van der Waals surface area contributed by atoms with Gasteiger partial charge in [-0.15, -0.1) is 0 Å². The highest BCUT2D eigenvalue weighted by molar-refractivity contribution is 5.94. The summed E-state index contributed by atoms with van der Waals surface area (Å²) in [6, 6.07) is 2.83. The van der Waals surface area contributed by atoms with Gasteiger partial charge in [0, 0.05) is 43.5 Å². The van der Waals surface area contributed by atoms with Crippen LogP contribution < -0.4 is 5.32 Å². The van der Waals surface area contributed by atoms with Gasteiger partial charge in [0.05, 0.1) is 12.7 Å². The molecule has 1 saturated heterocycles. The number of hydrogen-bond donors (Lipinski definition) is 1. The lowest BCUT2D eigenvalue weighted by molar-refractivity contribution is 0.0520. The smallest absolute Gasteiger partial charge is 0.251 e. The first-order chi connectivity index (χ1) is 10.5. The molecule has 1 aromatic heterocycles. The van der Waals surface area contributed by atoms with Crippen LogP contribution in [-0.4, -0.2) is 54.2 Å². The maximum absolute atomic E-state index is 13.0. The number of amides is 1. The molecule has 0 unspecified atom stereocenters. The number of rotatable bonds is 6. The SMILES string of the molecule is CC(C)OCCN1CCC(NC(=O)c2ccnc(F)c2)CC1. The van der Waals surface area contributed by atoms with Gasteiger partial charge in [-0.3, -0.25) is 4.79 Å². The van der Waals surface area contributed by atoms with Crippen LogP contribution in [0.15, 0.2) is 18.3 Å². The number of hydrogen-bond acceptors (Lipinski definition) is 4. The van der Waals surface area contributed by atoms with E-state index in [1.807, 2.05) is 13.8 Å². The zero-order chi connectivity index (χ0) is 15.9. The number of piperidine rings is 1. The van der Waals surface area contributed by atoms with Gasteiger partial charge >= 0.3 is 0 Å². The molecule has 0 bridgehead atoms. The minimum absolute atomic E-state index is 0.144. The van der Waals surface area contributed by atoms with E-state index in [2.05, 4.69) is 15.2 Å². The summed E-state index contributed by atoms with van der Waals surface area (Å²) < 4.78 is 18.6. The van der Waals surface area contributed by atoms with Crippen LogP contribution in [0.5, 0.6) is 0 Å². The lowest BCUT2D eigenvalue weighted by Crippen LogP contribution is -2.45. The second kappa shape index (κ2) is 8.19. The van der Waals surface area contributed by atoms with Gasteiger partial charge in [0.25, 0.3) is 5.91 Å². The quantitative estimate of drug-likeness (QED) is 0.815. The Kier molecular flexibility index (Phi) is 6.27. The van der Waals surface area contributed by atoms with E-state index in [0.29, 0.717) is 5.56 Å². The summed E-state index contributed by atoms with van der Waals surface area (Å²) in [5.41, 5.74) is 0.320. The average molecular weight is 309 g/mol. The second-order valence-electron chi connectivity index (χ2n) is 5.88. The molecule has 1 aliphatic heterocycles. The summed E-state index contributed by atoms with van der Waals surface area (Å²) in [6.45, 7) is 7.61. The highest BCUT2D eigenvalue weighted by Crippen LogP contribution is 2.11. The van der Waals surface area contributed by atoms with Crippen LogP contribution in [0.4, 0.5) is 4.39 Å². The van der Waals surface area contributed by atoms with Crippen molar-refractivity contribution in [3.05, 3.63) is 29.8 Å². The number of likely N-dealkylation sites (tertiary alicyclic amines) is 1. The number of nitrogens with zero attached hydrogens (tertiary/aromatic N) is 2. The minimum Gasteiger partial charge on any atom is -0.377 e. The minimum atomic E-state index is -0.632. The molecule has 0 atom stereocenters. The molecule has 122 valence electrons. The van der Waals surface area contributed by atoms with Gasteiger partial charge < -0.3 is 15.0 Å². The van der Waals surface area contributed by atoms with Crippen LogP contribution in [0.3, 0.4) is 0 Å². The highest BCUT2D eigenvalue weighted by Gasteiger charge is 2.21. The van der Waals surface area contributed by atoms with Crippen molar-refractivity contribution in [2.24, 2.45) is 0 Å². The molecule has 0 aliphatic carbocycles. The monoisotopic (exact) mass is 309 g/mol. The van der Waals surface area contributed by atoms with Crippen molar-refractivity contribution in [1.82, 2.24) is 15.2 Å². The van der Waals surface area contributed by atoms with Crippen LogP contribution in [0, 0.1) is 5.95 Å². The van der Waals surface area contributed by atoms with E-state index in [1.165, 1.54) is 12.3 Å². The largest absolute Gasteiger partial charge is 0.377 e. The van der Waals surface area contributed by atoms with Crippen LogP contribution in [0.2, 0.25) is 0 Å². The summed E-state index contributed by atoms with van der Waals surface area (Å²) in [7, 11) is 0. The first-order valence-electron chi connectivity index (χ1n) is 7.81. The highest BCUT2D eigenvalue weighted by atomic mass is 19.1. The lowest BCUT2D eigenvalue weighted by atomic mass is 10.0. The van der Waals surface area contributed by atoms with E-state index in [-0.39, 0.29) is 18.1 Å². The molecule has 5 nitrogen and oxygen atoms in total. The zero-order valence-electron chi connectivity index (χ0n) is 13.2. The van der Waals surface area contributed by atoms with Gasteiger partial charge in [-0.25, -0.2) is 4.98 Å². The first kappa shape index (κ1) is 16.8. The van der Waals surface area contributed by atoms with Crippen molar-refractivity contribution in [3.8, 4) is 0 Å². The number of pyridine rings is 1. The predicted octanol–water partition coefficient (Wildman–Crippen LogP) is 1.84. The van der Waals surface area contributed by atoms with E-state index in [0.717, 1.165) is 45.1 Å². The van der Waals surface area contributed by atoms with E-state index < -0.39 is 5.95 Å². The van der Waals surface area contributed by atoms with Gasteiger partial charge in [-0.2, -0.15) is 4.39 Å². The summed E-state index contributed by atoms with van der Waals surface area (Å²) in [5, 5.41) is 2.97. The normalized spacial score (nSPS) is 16.9. The number of carbonyl (C=O) groups excluding carboxylic acids is 1. The van der Waals surface area contributed by atoms with Crippen LogP contribution in [0.1, 0.15) is 37.0 Å². The Bertz CT molecular complexity index is 488. The molecule has 2 rings (SSSR count). The van der Waals surface area contributed by atoms with E-state index in [1.54, 1.807) is 0 Å². The Labute approximate surface area is 130 Å². The first-order valence-corrected chi connectivity index (χ1v) is 7.81. The van der Waals surface area contributed by atoms with Crippen molar-refractivity contribution in [3.63, 3.8) is 0 Å². The van der Waals surface area contributed by atoms with Gasteiger partial charge in [0.2, 0.25) is 5.95 Å². The maximum Gasteiger partial charge on any atom is 0.251 e. The second-order valence-corrected chi connectivity index (χ2v) is 5.88. The fraction of sp³-hybridized carbons (Fsp3) is 0.625. The van der Waals surface area contributed by atoms with Crippen LogP contribution in [0.25, 0.3) is 0 Å². The number of ether oxygens (including phenoxy) is 1. The number of carbonyl (C=O) groups is 1. The summed E-state index contributed by atoms with van der Waals surface area (Å²) in [4.78, 5) is 17.9. The van der Waals surface area contributed by atoms with Crippen LogP contribution >= 0.6 is 0 Å². The zero-order valence-corrected chi connectivity index (χ0v) is 13.2.